The quantitative estimate of drug-likeness (QED) is 0.568. The van der Waals surface area contributed by atoms with Crippen molar-refractivity contribution in [1.82, 2.24) is 14.7 Å². The van der Waals surface area contributed by atoms with Crippen LogP contribution in [-0.4, -0.2) is 65.8 Å². The topological polar surface area (TPSA) is 43.9 Å². The maximum atomic E-state index is 14.0. The summed E-state index contributed by atoms with van der Waals surface area (Å²) in [5.74, 6) is -0.743. The molecule has 0 N–H and O–H groups in total. The van der Waals surface area contributed by atoms with E-state index in [0.717, 1.165) is 13.0 Å². The number of hydrogen-bond acceptors (Lipinski definition) is 4. The second-order valence-corrected chi connectivity index (χ2v) is 9.93. The first-order chi connectivity index (χ1) is 16.5. The minimum absolute atomic E-state index is 0.0732. The number of nitrogens with zero attached hydrogens (tertiary/aromatic N) is 3. The van der Waals surface area contributed by atoms with Gasteiger partial charge in [0.15, 0.2) is 0 Å². The minimum Gasteiger partial charge on any atom is -0.338 e. The Morgan fingerprint density at radius 2 is 1.62 bits per heavy atom. The summed E-state index contributed by atoms with van der Waals surface area (Å²) in [7, 11) is 0. The number of aryl methyl sites for hydroxylation is 1. The van der Waals surface area contributed by atoms with E-state index in [4.69, 9.17) is 0 Å². The summed E-state index contributed by atoms with van der Waals surface area (Å²) < 4.78 is 14.0. The van der Waals surface area contributed by atoms with Crippen LogP contribution in [0.5, 0.6) is 0 Å². The molecule has 2 aromatic carbocycles. The number of carbonyl (C=O) groups excluding carboxylic acids is 2. The van der Waals surface area contributed by atoms with Gasteiger partial charge in [-0.3, -0.25) is 14.5 Å². The molecule has 1 atom stereocenters. The molecule has 5 rings (SSSR count). The fraction of sp³-hybridized carbons (Fsp3) is 0.333. The van der Waals surface area contributed by atoms with Gasteiger partial charge in [-0.1, -0.05) is 36.4 Å². The molecule has 3 aromatic rings. The highest BCUT2D eigenvalue weighted by Crippen LogP contribution is 2.38. The van der Waals surface area contributed by atoms with Crippen LogP contribution in [0.3, 0.4) is 0 Å². The van der Waals surface area contributed by atoms with Crippen molar-refractivity contribution in [2.45, 2.75) is 19.4 Å². The highest BCUT2D eigenvalue weighted by molar-refractivity contribution is 7.10. The molecule has 1 aromatic heterocycles. The van der Waals surface area contributed by atoms with Crippen molar-refractivity contribution in [3.05, 3.63) is 92.9 Å². The number of piperazine rings is 1. The second-order valence-electron chi connectivity index (χ2n) is 8.93. The average Bonchev–Trinajstić information content (AvgIpc) is 3.33. The van der Waals surface area contributed by atoms with Crippen molar-refractivity contribution in [3.8, 4) is 0 Å². The van der Waals surface area contributed by atoms with E-state index in [2.05, 4.69) is 41.5 Å². The highest BCUT2D eigenvalue weighted by Gasteiger charge is 2.33. The van der Waals surface area contributed by atoms with Crippen LogP contribution in [0.2, 0.25) is 0 Å². The molecule has 2 amide bonds. The number of rotatable bonds is 4. The molecule has 2 aliphatic rings. The van der Waals surface area contributed by atoms with Gasteiger partial charge in [-0.15, -0.1) is 11.3 Å². The molecule has 1 unspecified atom stereocenters. The molecule has 0 spiro atoms. The van der Waals surface area contributed by atoms with Crippen molar-refractivity contribution in [3.63, 3.8) is 0 Å². The SMILES string of the molecule is Cc1ccccc1C1c2ccsc2CCN1CC(=O)N1CCN(C(=O)c2ccccc2F)CC1. The number of benzene rings is 2. The Morgan fingerprint density at radius 3 is 2.38 bits per heavy atom. The van der Waals surface area contributed by atoms with Gasteiger partial charge in [0.05, 0.1) is 18.2 Å². The van der Waals surface area contributed by atoms with Gasteiger partial charge in [0.2, 0.25) is 5.91 Å². The van der Waals surface area contributed by atoms with Crippen molar-refractivity contribution in [2.24, 2.45) is 0 Å². The van der Waals surface area contributed by atoms with E-state index >= 15 is 0 Å². The molecule has 5 nitrogen and oxygen atoms in total. The maximum absolute atomic E-state index is 14.0. The lowest BCUT2D eigenvalue weighted by Crippen LogP contribution is -2.53. The van der Waals surface area contributed by atoms with Crippen molar-refractivity contribution in [1.29, 1.82) is 0 Å². The van der Waals surface area contributed by atoms with Crippen molar-refractivity contribution < 1.29 is 14.0 Å². The van der Waals surface area contributed by atoms with Crippen LogP contribution in [0.25, 0.3) is 0 Å². The maximum Gasteiger partial charge on any atom is 0.256 e. The average molecular weight is 478 g/mol. The molecule has 3 heterocycles. The van der Waals surface area contributed by atoms with E-state index in [1.54, 1.807) is 28.4 Å². The van der Waals surface area contributed by atoms with Crippen LogP contribution in [-0.2, 0) is 11.2 Å². The van der Waals surface area contributed by atoms with E-state index in [0.29, 0.717) is 32.7 Å². The zero-order valence-electron chi connectivity index (χ0n) is 19.2. The zero-order valence-corrected chi connectivity index (χ0v) is 20.1. The summed E-state index contributed by atoms with van der Waals surface area (Å²) in [5, 5.41) is 2.15. The molecule has 7 heteroatoms. The Morgan fingerprint density at radius 1 is 0.912 bits per heavy atom. The van der Waals surface area contributed by atoms with Crippen molar-refractivity contribution >= 4 is 23.2 Å². The third-order valence-corrected chi connectivity index (χ3v) is 7.91. The lowest BCUT2D eigenvalue weighted by molar-refractivity contribution is -0.134. The summed E-state index contributed by atoms with van der Waals surface area (Å²) in [4.78, 5) is 33.2. The van der Waals surface area contributed by atoms with Gasteiger partial charge in [-0.2, -0.15) is 0 Å². The zero-order chi connectivity index (χ0) is 23.7. The largest absolute Gasteiger partial charge is 0.338 e. The minimum atomic E-state index is -0.508. The van der Waals surface area contributed by atoms with Crippen LogP contribution >= 0.6 is 11.3 Å². The lowest BCUT2D eigenvalue weighted by Gasteiger charge is -2.39. The van der Waals surface area contributed by atoms with Gasteiger partial charge in [0.25, 0.3) is 5.91 Å². The Bertz CT molecular complexity index is 1200. The molecule has 0 aliphatic carbocycles. The van der Waals surface area contributed by atoms with Crippen LogP contribution in [0, 0.1) is 12.7 Å². The number of carbonyl (C=O) groups is 2. The summed E-state index contributed by atoms with van der Waals surface area (Å²) >= 11 is 1.79. The predicted molar refractivity (Wildman–Crippen MR) is 132 cm³/mol. The summed E-state index contributed by atoms with van der Waals surface area (Å²) in [6.07, 6.45) is 0.952. The predicted octanol–water partition coefficient (Wildman–Crippen LogP) is 4.13. The number of amides is 2. The Balaban J connectivity index is 1.27. The third-order valence-electron chi connectivity index (χ3n) is 6.91. The van der Waals surface area contributed by atoms with Gasteiger partial charge in [-0.25, -0.2) is 4.39 Å². The normalized spacial score (nSPS) is 18.6. The monoisotopic (exact) mass is 477 g/mol. The molecule has 176 valence electrons. The third kappa shape index (κ3) is 4.38. The molecule has 1 saturated heterocycles. The van der Waals surface area contributed by atoms with E-state index in [1.807, 2.05) is 11.0 Å². The molecule has 1 fully saturated rings. The first-order valence-electron chi connectivity index (χ1n) is 11.7. The molecule has 0 saturated carbocycles. The number of halogens is 1. The fourth-order valence-corrected chi connectivity index (χ4v) is 5.94. The van der Waals surface area contributed by atoms with E-state index in [1.165, 1.54) is 33.7 Å². The second kappa shape index (κ2) is 9.68. The van der Waals surface area contributed by atoms with E-state index < -0.39 is 5.82 Å². The van der Waals surface area contributed by atoms with E-state index in [9.17, 15) is 14.0 Å². The molecular weight excluding hydrogens is 449 g/mol. The van der Waals surface area contributed by atoms with Gasteiger partial charge >= 0.3 is 0 Å². The highest BCUT2D eigenvalue weighted by atomic mass is 32.1. The smallest absolute Gasteiger partial charge is 0.256 e. The first-order valence-corrected chi connectivity index (χ1v) is 12.6. The van der Waals surface area contributed by atoms with Crippen LogP contribution < -0.4 is 0 Å². The van der Waals surface area contributed by atoms with E-state index in [-0.39, 0.29) is 23.4 Å². The molecule has 0 bridgehead atoms. The molecule has 0 radical (unpaired) electrons. The van der Waals surface area contributed by atoms with Gasteiger partial charge in [0, 0.05) is 37.6 Å². The Hall–Kier alpha value is -3.03. The van der Waals surface area contributed by atoms with Crippen molar-refractivity contribution in [2.75, 3.05) is 39.3 Å². The summed E-state index contributed by atoms with van der Waals surface area (Å²) in [6, 6.07) is 16.7. The van der Waals surface area contributed by atoms with Gasteiger partial charge in [0.1, 0.15) is 5.82 Å². The fourth-order valence-electron chi connectivity index (χ4n) is 5.03. The molecule has 34 heavy (non-hydrogen) atoms. The Labute approximate surface area is 203 Å². The van der Waals surface area contributed by atoms with Crippen LogP contribution in [0.4, 0.5) is 4.39 Å². The first kappa shape index (κ1) is 22.7. The standard InChI is InChI=1S/C27H28FN3O2S/c1-19-6-2-3-7-20(19)26-22-11-17-34-24(22)10-12-31(26)18-25(32)29-13-15-30(16-14-29)27(33)21-8-4-5-9-23(21)28/h2-9,11,17,26H,10,12-16,18H2,1H3. The summed E-state index contributed by atoms with van der Waals surface area (Å²) in [6.45, 7) is 5.06. The Kier molecular flexibility index (Phi) is 6.48. The number of thiophene rings is 1. The molecular formula is C27H28FN3O2S. The van der Waals surface area contributed by atoms with Crippen LogP contribution in [0.15, 0.2) is 60.0 Å². The molecule has 2 aliphatic heterocycles. The lowest BCUT2D eigenvalue weighted by atomic mass is 9.90. The van der Waals surface area contributed by atoms with Gasteiger partial charge < -0.3 is 9.80 Å². The number of hydrogen-bond donors (Lipinski definition) is 0. The summed E-state index contributed by atoms with van der Waals surface area (Å²) in [5.41, 5.74) is 3.86. The van der Waals surface area contributed by atoms with Crippen LogP contribution in [0.1, 0.15) is 38.0 Å². The van der Waals surface area contributed by atoms with Gasteiger partial charge in [-0.05, 0) is 53.6 Å². The number of fused-ring (bicyclic) bond motifs is 1.